The smallest absolute Gasteiger partial charge is 0.0539 e. The van der Waals surface area contributed by atoms with Crippen LogP contribution >= 0.6 is 0 Å². The van der Waals surface area contributed by atoms with E-state index in [0.29, 0.717) is 6.54 Å². The van der Waals surface area contributed by atoms with Crippen molar-refractivity contribution in [2.45, 2.75) is 26.4 Å². The summed E-state index contributed by atoms with van der Waals surface area (Å²) in [6, 6.07) is 0. The molecule has 0 amide bonds. The average molecular weight is 196 g/mol. The van der Waals surface area contributed by atoms with E-state index in [-0.39, 0.29) is 0 Å². The Morgan fingerprint density at radius 3 is 2.71 bits per heavy atom. The van der Waals surface area contributed by atoms with E-state index < -0.39 is 0 Å². The molecule has 1 rings (SSSR count). The van der Waals surface area contributed by atoms with Crippen molar-refractivity contribution >= 4 is 0 Å². The van der Waals surface area contributed by atoms with Gasteiger partial charge >= 0.3 is 0 Å². The molecule has 4 heteroatoms. The summed E-state index contributed by atoms with van der Waals surface area (Å²) in [5.74, 6) is 0. The lowest BCUT2D eigenvalue weighted by Crippen LogP contribution is -2.20. The Kier molecular flexibility index (Phi) is 4.10. The summed E-state index contributed by atoms with van der Waals surface area (Å²) in [6.45, 7) is 4.68. The number of aromatic nitrogens is 2. The molecule has 0 unspecified atom stereocenters. The Bertz CT molecular complexity index is 278. The van der Waals surface area contributed by atoms with Gasteiger partial charge in [0.05, 0.1) is 12.7 Å². The highest BCUT2D eigenvalue weighted by Gasteiger charge is 2.06. The normalized spacial score (nSPS) is 11.2. The van der Waals surface area contributed by atoms with Crippen LogP contribution in [0.25, 0.3) is 0 Å². The van der Waals surface area contributed by atoms with Crippen LogP contribution in [-0.4, -0.2) is 35.3 Å². The first-order valence-electron chi connectivity index (χ1n) is 5.07. The van der Waals surface area contributed by atoms with Gasteiger partial charge in [-0.1, -0.05) is 6.92 Å². The molecule has 2 N–H and O–H groups in total. The van der Waals surface area contributed by atoms with Gasteiger partial charge in [0.15, 0.2) is 0 Å². The van der Waals surface area contributed by atoms with Crippen molar-refractivity contribution < 1.29 is 0 Å². The summed E-state index contributed by atoms with van der Waals surface area (Å²) in [5.41, 5.74) is 8.08. The SMILES string of the molecule is CCc1c(CN)cnn1CCN(C)C. The monoisotopic (exact) mass is 196 g/mol. The summed E-state index contributed by atoms with van der Waals surface area (Å²) in [4.78, 5) is 2.16. The Morgan fingerprint density at radius 1 is 1.50 bits per heavy atom. The third kappa shape index (κ3) is 2.56. The summed E-state index contributed by atoms with van der Waals surface area (Å²) in [6.07, 6.45) is 2.88. The molecule has 1 aromatic heterocycles. The number of hydrogen-bond acceptors (Lipinski definition) is 3. The van der Waals surface area contributed by atoms with Crippen LogP contribution in [-0.2, 0) is 19.5 Å². The number of likely N-dealkylation sites (N-methyl/N-ethyl adjacent to an activating group) is 1. The molecule has 0 saturated heterocycles. The van der Waals surface area contributed by atoms with Crippen molar-refractivity contribution in [3.63, 3.8) is 0 Å². The summed E-state index contributed by atoms with van der Waals surface area (Å²) < 4.78 is 2.06. The van der Waals surface area contributed by atoms with E-state index in [9.17, 15) is 0 Å². The molecule has 80 valence electrons. The van der Waals surface area contributed by atoms with Gasteiger partial charge in [0.1, 0.15) is 0 Å². The molecule has 0 aliphatic rings. The fraction of sp³-hybridized carbons (Fsp3) is 0.700. The van der Waals surface area contributed by atoms with Gasteiger partial charge in [0, 0.05) is 24.3 Å². The van der Waals surface area contributed by atoms with Crippen molar-refractivity contribution in [2.75, 3.05) is 20.6 Å². The quantitative estimate of drug-likeness (QED) is 0.744. The average Bonchev–Trinajstić information content (AvgIpc) is 2.56. The van der Waals surface area contributed by atoms with Crippen molar-refractivity contribution in [3.05, 3.63) is 17.5 Å². The predicted molar refractivity (Wildman–Crippen MR) is 58.1 cm³/mol. The minimum atomic E-state index is 0.588. The Morgan fingerprint density at radius 2 is 2.21 bits per heavy atom. The van der Waals surface area contributed by atoms with Crippen LogP contribution in [0.5, 0.6) is 0 Å². The topological polar surface area (TPSA) is 47.1 Å². The molecule has 0 aliphatic heterocycles. The lowest BCUT2D eigenvalue weighted by molar-refractivity contribution is 0.369. The molecule has 1 heterocycles. The standard InChI is InChI=1S/C10H20N4/c1-4-10-9(7-11)8-12-14(10)6-5-13(2)3/h8H,4-7,11H2,1-3H3. The molecule has 0 spiro atoms. The molecule has 14 heavy (non-hydrogen) atoms. The summed E-state index contributed by atoms with van der Waals surface area (Å²) in [7, 11) is 4.14. The van der Waals surface area contributed by atoms with Crippen molar-refractivity contribution in [3.8, 4) is 0 Å². The first kappa shape index (κ1) is 11.2. The van der Waals surface area contributed by atoms with E-state index in [0.717, 1.165) is 19.5 Å². The Labute approximate surface area is 85.7 Å². The second kappa shape index (κ2) is 5.12. The van der Waals surface area contributed by atoms with Crippen LogP contribution in [0.15, 0.2) is 6.20 Å². The van der Waals surface area contributed by atoms with E-state index >= 15 is 0 Å². The molecule has 0 radical (unpaired) electrons. The van der Waals surface area contributed by atoms with Gasteiger partial charge in [0.25, 0.3) is 0 Å². The molecule has 0 saturated carbocycles. The van der Waals surface area contributed by atoms with Gasteiger partial charge in [-0.05, 0) is 20.5 Å². The molecule has 4 nitrogen and oxygen atoms in total. The zero-order chi connectivity index (χ0) is 10.6. The van der Waals surface area contributed by atoms with Gasteiger partial charge in [-0.2, -0.15) is 5.10 Å². The summed E-state index contributed by atoms with van der Waals surface area (Å²) in [5, 5.41) is 4.34. The van der Waals surface area contributed by atoms with Crippen LogP contribution in [0.3, 0.4) is 0 Å². The van der Waals surface area contributed by atoms with E-state index in [1.54, 1.807) is 0 Å². The van der Waals surface area contributed by atoms with Gasteiger partial charge in [0.2, 0.25) is 0 Å². The minimum Gasteiger partial charge on any atom is -0.326 e. The lowest BCUT2D eigenvalue weighted by atomic mass is 10.2. The minimum absolute atomic E-state index is 0.588. The number of hydrogen-bond donors (Lipinski definition) is 1. The van der Waals surface area contributed by atoms with Gasteiger partial charge < -0.3 is 10.6 Å². The fourth-order valence-electron chi connectivity index (χ4n) is 1.52. The van der Waals surface area contributed by atoms with Crippen molar-refractivity contribution in [1.82, 2.24) is 14.7 Å². The molecule has 1 aromatic rings. The zero-order valence-electron chi connectivity index (χ0n) is 9.32. The maximum atomic E-state index is 5.63. The highest BCUT2D eigenvalue weighted by atomic mass is 15.3. The van der Waals surface area contributed by atoms with Crippen LogP contribution in [0.1, 0.15) is 18.2 Å². The second-order valence-corrected chi connectivity index (χ2v) is 3.70. The molecule has 0 aromatic carbocycles. The maximum absolute atomic E-state index is 5.63. The Balaban J connectivity index is 2.71. The molecule has 0 atom stereocenters. The first-order valence-corrected chi connectivity index (χ1v) is 5.07. The van der Waals surface area contributed by atoms with Crippen molar-refractivity contribution in [1.29, 1.82) is 0 Å². The molecule has 0 fully saturated rings. The second-order valence-electron chi connectivity index (χ2n) is 3.70. The van der Waals surface area contributed by atoms with E-state index in [4.69, 9.17) is 5.73 Å². The van der Waals surface area contributed by atoms with Crippen molar-refractivity contribution in [2.24, 2.45) is 5.73 Å². The number of rotatable bonds is 5. The first-order chi connectivity index (χ1) is 6.69. The number of nitrogens with zero attached hydrogens (tertiary/aromatic N) is 3. The van der Waals surface area contributed by atoms with E-state index in [2.05, 4.69) is 35.7 Å². The highest BCUT2D eigenvalue weighted by molar-refractivity contribution is 5.17. The van der Waals surface area contributed by atoms with Gasteiger partial charge in [-0.15, -0.1) is 0 Å². The third-order valence-electron chi connectivity index (χ3n) is 2.35. The molecular weight excluding hydrogens is 176 g/mol. The van der Waals surface area contributed by atoms with E-state index in [1.807, 2.05) is 6.20 Å². The molecule has 0 aliphatic carbocycles. The van der Waals surface area contributed by atoms with E-state index in [1.165, 1.54) is 11.3 Å². The van der Waals surface area contributed by atoms with Crippen LogP contribution < -0.4 is 5.73 Å². The third-order valence-corrected chi connectivity index (χ3v) is 2.35. The van der Waals surface area contributed by atoms with Crippen LogP contribution in [0.2, 0.25) is 0 Å². The molecule has 0 bridgehead atoms. The summed E-state index contributed by atoms with van der Waals surface area (Å²) >= 11 is 0. The van der Waals surface area contributed by atoms with Crippen LogP contribution in [0, 0.1) is 0 Å². The van der Waals surface area contributed by atoms with Gasteiger partial charge in [-0.3, -0.25) is 4.68 Å². The molecular formula is C10H20N4. The maximum Gasteiger partial charge on any atom is 0.0539 e. The fourth-order valence-corrected chi connectivity index (χ4v) is 1.52. The number of nitrogens with two attached hydrogens (primary N) is 1. The highest BCUT2D eigenvalue weighted by Crippen LogP contribution is 2.08. The van der Waals surface area contributed by atoms with Gasteiger partial charge in [-0.25, -0.2) is 0 Å². The zero-order valence-corrected chi connectivity index (χ0v) is 9.32. The van der Waals surface area contributed by atoms with Crippen LogP contribution in [0.4, 0.5) is 0 Å². The largest absolute Gasteiger partial charge is 0.326 e. The lowest BCUT2D eigenvalue weighted by Gasteiger charge is -2.11. The predicted octanol–water partition coefficient (Wildman–Crippen LogP) is 0.466. The Hall–Kier alpha value is -0.870.